The topological polar surface area (TPSA) is 76.1 Å². The second kappa shape index (κ2) is 9.29. The first-order valence-corrected chi connectivity index (χ1v) is 9.07. The fourth-order valence-corrected chi connectivity index (χ4v) is 3.70. The number of hydrogen-bond acceptors (Lipinski definition) is 7. The number of nitrogens with one attached hydrogen (secondary N) is 2. The number of anilines is 1. The molecule has 0 unspecified atom stereocenters. The van der Waals surface area contributed by atoms with Crippen molar-refractivity contribution in [3.63, 3.8) is 0 Å². The van der Waals surface area contributed by atoms with Gasteiger partial charge in [0.1, 0.15) is 5.75 Å². The molecule has 24 heavy (non-hydrogen) atoms. The second-order valence-electron chi connectivity index (χ2n) is 4.87. The zero-order chi connectivity index (χ0) is 17.4. The van der Waals surface area contributed by atoms with Crippen LogP contribution in [0.15, 0.2) is 41.3 Å². The first-order valence-electron chi connectivity index (χ1n) is 7.38. The van der Waals surface area contributed by atoms with Crippen LogP contribution in [-0.2, 0) is 11.3 Å². The summed E-state index contributed by atoms with van der Waals surface area (Å²) in [5, 5.41) is 14.6. The third kappa shape index (κ3) is 5.54. The zero-order valence-electron chi connectivity index (χ0n) is 13.6. The van der Waals surface area contributed by atoms with Gasteiger partial charge >= 0.3 is 0 Å². The largest absolute Gasteiger partial charge is 0.497 e. The summed E-state index contributed by atoms with van der Waals surface area (Å²) >= 11 is 2.82. The first-order chi connectivity index (χ1) is 11.6. The molecule has 1 aromatic carbocycles. The molecule has 2 aromatic rings. The molecule has 0 aliphatic rings. The Kier molecular flexibility index (Phi) is 7.07. The molecule has 1 atom stereocenters. The van der Waals surface area contributed by atoms with Crippen LogP contribution in [0.25, 0.3) is 0 Å². The molecule has 0 spiro atoms. The van der Waals surface area contributed by atoms with Crippen molar-refractivity contribution < 1.29 is 9.53 Å². The Morgan fingerprint density at radius 3 is 2.83 bits per heavy atom. The number of benzene rings is 1. The van der Waals surface area contributed by atoms with Gasteiger partial charge in [-0.3, -0.25) is 4.79 Å². The van der Waals surface area contributed by atoms with E-state index in [1.54, 1.807) is 13.2 Å². The van der Waals surface area contributed by atoms with Crippen LogP contribution in [0.3, 0.4) is 0 Å². The van der Waals surface area contributed by atoms with Crippen LogP contribution in [0.5, 0.6) is 5.75 Å². The van der Waals surface area contributed by atoms with Gasteiger partial charge in [-0.25, -0.2) is 0 Å². The van der Waals surface area contributed by atoms with Crippen LogP contribution >= 0.6 is 23.1 Å². The molecule has 0 saturated carbocycles. The van der Waals surface area contributed by atoms with Crippen LogP contribution in [0, 0.1) is 0 Å². The maximum atomic E-state index is 12.2. The van der Waals surface area contributed by atoms with E-state index in [9.17, 15) is 4.79 Å². The number of rotatable bonds is 9. The molecule has 0 bridgehead atoms. The average Bonchev–Trinajstić information content (AvgIpc) is 3.05. The summed E-state index contributed by atoms with van der Waals surface area (Å²) in [5.74, 6) is 0.762. The van der Waals surface area contributed by atoms with Gasteiger partial charge in [0.15, 0.2) is 4.34 Å². The lowest BCUT2D eigenvalue weighted by molar-refractivity contribution is -0.120. The Labute approximate surface area is 149 Å². The van der Waals surface area contributed by atoms with Crippen molar-refractivity contribution in [1.29, 1.82) is 0 Å². The van der Waals surface area contributed by atoms with E-state index < -0.39 is 0 Å². The summed E-state index contributed by atoms with van der Waals surface area (Å²) in [6.07, 6.45) is 1.75. The molecular weight excluding hydrogens is 344 g/mol. The molecule has 0 fully saturated rings. The lowest BCUT2D eigenvalue weighted by atomic mass is 10.2. The van der Waals surface area contributed by atoms with Gasteiger partial charge in [-0.15, -0.1) is 16.8 Å². The zero-order valence-corrected chi connectivity index (χ0v) is 15.2. The number of nitrogens with zero attached hydrogens (tertiary/aromatic N) is 2. The number of hydrogen-bond donors (Lipinski definition) is 2. The van der Waals surface area contributed by atoms with Gasteiger partial charge in [-0.1, -0.05) is 41.3 Å². The van der Waals surface area contributed by atoms with E-state index in [4.69, 9.17) is 4.74 Å². The molecule has 1 amide bonds. The number of carbonyl (C=O) groups excluding carboxylic acids is 1. The summed E-state index contributed by atoms with van der Waals surface area (Å²) < 4.78 is 5.87. The highest BCUT2D eigenvalue weighted by molar-refractivity contribution is 8.02. The molecule has 0 aliphatic carbocycles. The Balaban J connectivity index is 1.80. The van der Waals surface area contributed by atoms with E-state index in [0.717, 1.165) is 20.8 Å². The Morgan fingerprint density at radius 1 is 1.42 bits per heavy atom. The van der Waals surface area contributed by atoms with Crippen molar-refractivity contribution in [2.45, 2.75) is 23.1 Å². The summed E-state index contributed by atoms with van der Waals surface area (Å²) in [7, 11) is 1.63. The first kappa shape index (κ1) is 18.3. The summed E-state index contributed by atoms with van der Waals surface area (Å²) in [4.78, 5) is 12.2. The quantitative estimate of drug-likeness (QED) is 0.526. The van der Waals surface area contributed by atoms with Gasteiger partial charge in [0.05, 0.1) is 12.4 Å². The number of methoxy groups -OCH3 is 1. The minimum absolute atomic E-state index is 0.0355. The standard InChI is InChI=1S/C16H20N4O2S2/c1-4-9-17-15-19-20-16(24-15)23-11(2)14(21)18-10-12-5-7-13(22-3)8-6-12/h4-8,11H,1,9-10H2,2-3H3,(H,17,19)(H,18,21)/t11-/m1/s1. The van der Waals surface area contributed by atoms with Gasteiger partial charge in [0, 0.05) is 13.1 Å². The monoisotopic (exact) mass is 364 g/mol. The molecular formula is C16H20N4O2S2. The highest BCUT2D eigenvalue weighted by atomic mass is 32.2. The number of thioether (sulfide) groups is 1. The van der Waals surface area contributed by atoms with Crippen molar-refractivity contribution in [3.8, 4) is 5.75 Å². The predicted octanol–water partition coefficient (Wildman–Crippen LogP) is 2.94. The average molecular weight is 364 g/mol. The van der Waals surface area contributed by atoms with Gasteiger partial charge in [-0.05, 0) is 24.6 Å². The molecule has 6 nitrogen and oxygen atoms in total. The molecule has 2 N–H and O–H groups in total. The summed E-state index contributed by atoms with van der Waals surface area (Å²) in [6.45, 7) is 6.61. The SMILES string of the molecule is C=CCNc1nnc(S[C@H](C)C(=O)NCc2ccc(OC)cc2)s1. The minimum atomic E-state index is -0.247. The Hall–Kier alpha value is -2.06. The molecule has 1 heterocycles. The maximum Gasteiger partial charge on any atom is 0.233 e. The number of ether oxygens (including phenoxy) is 1. The van der Waals surface area contributed by atoms with E-state index in [1.807, 2.05) is 31.2 Å². The van der Waals surface area contributed by atoms with Crippen molar-refractivity contribution >= 4 is 34.1 Å². The molecule has 1 aromatic heterocycles. The van der Waals surface area contributed by atoms with E-state index in [0.29, 0.717) is 13.1 Å². The van der Waals surface area contributed by atoms with Gasteiger partial charge in [-0.2, -0.15) is 0 Å². The van der Waals surface area contributed by atoms with Crippen LogP contribution in [0.4, 0.5) is 5.13 Å². The van der Waals surface area contributed by atoms with Crippen LogP contribution < -0.4 is 15.4 Å². The number of aromatic nitrogens is 2. The van der Waals surface area contributed by atoms with Gasteiger partial charge in [0.25, 0.3) is 0 Å². The second-order valence-corrected chi connectivity index (χ2v) is 7.43. The third-order valence-electron chi connectivity index (χ3n) is 3.08. The van der Waals surface area contributed by atoms with Crippen LogP contribution in [0.1, 0.15) is 12.5 Å². The normalized spacial score (nSPS) is 11.6. The van der Waals surface area contributed by atoms with E-state index >= 15 is 0 Å². The predicted molar refractivity (Wildman–Crippen MR) is 98.8 cm³/mol. The molecule has 0 radical (unpaired) electrons. The Bertz CT molecular complexity index is 673. The number of carbonyl (C=O) groups is 1. The lowest BCUT2D eigenvalue weighted by Gasteiger charge is -2.10. The Morgan fingerprint density at radius 2 is 2.17 bits per heavy atom. The molecule has 128 valence electrons. The van der Waals surface area contributed by atoms with E-state index in [1.165, 1.54) is 23.1 Å². The highest BCUT2D eigenvalue weighted by Crippen LogP contribution is 2.28. The van der Waals surface area contributed by atoms with Crippen molar-refractivity contribution in [2.24, 2.45) is 0 Å². The van der Waals surface area contributed by atoms with Crippen molar-refractivity contribution in [2.75, 3.05) is 19.0 Å². The van der Waals surface area contributed by atoms with Gasteiger partial charge in [0.2, 0.25) is 11.0 Å². The maximum absolute atomic E-state index is 12.2. The van der Waals surface area contributed by atoms with Gasteiger partial charge < -0.3 is 15.4 Å². The molecule has 8 heteroatoms. The third-order valence-corrected chi connectivity index (χ3v) is 5.14. The smallest absolute Gasteiger partial charge is 0.233 e. The molecule has 0 saturated heterocycles. The lowest BCUT2D eigenvalue weighted by Crippen LogP contribution is -2.30. The fraction of sp³-hybridized carbons (Fsp3) is 0.312. The molecule has 2 rings (SSSR count). The van der Waals surface area contributed by atoms with Crippen LogP contribution in [0.2, 0.25) is 0 Å². The molecule has 0 aliphatic heterocycles. The summed E-state index contributed by atoms with van der Waals surface area (Å²) in [5.41, 5.74) is 1.02. The van der Waals surface area contributed by atoms with Crippen LogP contribution in [-0.4, -0.2) is 35.0 Å². The van der Waals surface area contributed by atoms with Crippen molar-refractivity contribution in [1.82, 2.24) is 15.5 Å². The highest BCUT2D eigenvalue weighted by Gasteiger charge is 2.16. The summed E-state index contributed by atoms with van der Waals surface area (Å²) in [6, 6.07) is 7.61. The van der Waals surface area contributed by atoms with Crippen molar-refractivity contribution in [3.05, 3.63) is 42.5 Å². The number of amides is 1. The van der Waals surface area contributed by atoms with E-state index in [2.05, 4.69) is 27.4 Å². The fourth-order valence-electron chi connectivity index (χ4n) is 1.77. The van der Waals surface area contributed by atoms with E-state index in [-0.39, 0.29) is 11.2 Å². The minimum Gasteiger partial charge on any atom is -0.497 e.